The van der Waals surface area contributed by atoms with Crippen LogP contribution in [0.15, 0.2) is 18.3 Å². The summed E-state index contributed by atoms with van der Waals surface area (Å²) in [6, 6.07) is 3.57. The minimum atomic E-state index is -0.957. The van der Waals surface area contributed by atoms with Gasteiger partial charge in [-0.3, -0.25) is 4.79 Å². The Hall–Kier alpha value is -3.15. The van der Waals surface area contributed by atoms with Crippen LogP contribution in [0.5, 0.6) is 0 Å². The molecule has 0 aliphatic carbocycles. The number of allylic oxidation sites excluding steroid dienone is 1. The number of aromatic nitrogens is 4. The molecule has 9 heteroatoms. The Bertz CT molecular complexity index is 725. The van der Waals surface area contributed by atoms with Crippen LogP contribution in [-0.4, -0.2) is 26.4 Å². The Morgan fingerprint density at radius 2 is 2.10 bits per heavy atom. The summed E-state index contributed by atoms with van der Waals surface area (Å²) in [5.41, 5.74) is -0.646. The van der Waals surface area contributed by atoms with Crippen molar-refractivity contribution in [1.29, 1.82) is 5.26 Å². The van der Waals surface area contributed by atoms with Gasteiger partial charge in [-0.05, 0) is 24.3 Å². The molecule has 2 N–H and O–H groups in total. The average Bonchev–Trinajstić information content (AvgIpc) is 2.95. The van der Waals surface area contributed by atoms with E-state index in [0.29, 0.717) is 0 Å². The number of H-pyrrole nitrogens is 1. The normalized spacial score (nSPS) is 11.0. The second kappa shape index (κ2) is 5.87. The number of nitrogens with zero attached hydrogens (tertiary/aromatic N) is 4. The second-order valence-corrected chi connectivity index (χ2v) is 3.92. The predicted molar refractivity (Wildman–Crippen MR) is 67.8 cm³/mol. The molecule has 0 amide bonds. The molecular formula is C12H8F2N6O. The van der Waals surface area contributed by atoms with Gasteiger partial charge in [-0.15, -0.1) is 10.2 Å². The van der Waals surface area contributed by atoms with Gasteiger partial charge in [-0.2, -0.15) is 10.5 Å². The van der Waals surface area contributed by atoms with E-state index in [2.05, 4.69) is 25.9 Å². The number of nitriles is 1. The molecular weight excluding hydrogens is 282 g/mol. The van der Waals surface area contributed by atoms with Crippen LogP contribution in [0.3, 0.4) is 0 Å². The number of carbonyl (C=O) groups excluding carboxylic acids is 1. The summed E-state index contributed by atoms with van der Waals surface area (Å²) in [6.07, 6.45) is 1.04. The molecule has 0 spiro atoms. The van der Waals surface area contributed by atoms with Crippen molar-refractivity contribution >= 4 is 17.0 Å². The fourth-order valence-electron chi connectivity index (χ4n) is 1.48. The number of aromatic amines is 1. The van der Waals surface area contributed by atoms with Crippen LogP contribution in [0, 0.1) is 23.0 Å². The summed E-state index contributed by atoms with van der Waals surface area (Å²) in [5.74, 6) is -2.39. The van der Waals surface area contributed by atoms with Gasteiger partial charge in [0.05, 0.1) is 0 Å². The van der Waals surface area contributed by atoms with Crippen LogP contribution in [-0.2, 0) is 0 Å². The van der Waals surface area contributed by atoms with E-state index >= 15 is 0 Å². The highest BCUT2D eigenvalue weighted by Gasteiger charge is 2.13. The molecule has 2 aromatic rings. The lowest BCUT2D eigenvalue weighted by molar-refractivity contribution is 0.101. The quantitative estimate of drug-likeness (QED) is 0.655. The lowest BCUT2D eigenvalue weighted by atomic mass is 10.1. The molecule has 1 heterocycles. The van der Waals surface area contributed by atoms with Crippen molar-refractivity contribution in [1.82, 2.24) is 20.6 Å². The van der Waals surface area contributed by atoms with Gasteiger partial charge in [0.1, 0.15) is 29.0 Å². The van der Waals surface area contributed by atoms with E-state index in [9.17, 15) is 13.6 Å². The molecule has 1 aromatic carbocycles. The van der Waals surface area contributed by atoms with Crippen molar-refractivity contribution in [2.75, 3.05) is 5.32 Å². The van der Waals surface area contributed by atoms with E-state index in [1.54, 1.807) is 6.07 Å². The fourth-order valence-corrected chi connectivity index (χ4v) is 1.48. The van der Waals surface area contributed by atoms with Gasteiger partial charge < -0.3 is 5.32 Å². The molecule has 0 radical (unpaired) electrons. The predicted octanol–water partition coefficient (Wildman–Crippen LogP) is 1.66. The summed E-state index contributed by atoms with van der Waals surface area (Å²) in [6.45, 7) is 1.20. The number of nitrogens with one attached hydrogen (secondary N) is 2. The minimum absolute atomic E-state index is 0.0221. The first-order valence-electron chi connectivity index (χ1n) is 5.63. The molecule has 0 fully saturated rings. The van der Waals surface area contributed by atoms with Crippen molar-refractivity contribution in [3.05, 3.63) is 41.4 Å². The maximum Gasteiger partial charge on any atom is 0.216 e. The van der Waals surface area contributed by atoms with E-state index in [1.807, 2.05) is 0 Å². The number of rotatable bonds is 4. The molecule has 21 heavy (non-hydrogen) atoms. The number of ketones is 1. The zero-order valence-electron chi connectivity index (χ0n) is 10.7. The average molecular weight is 290 g/mol. The molecule has 0 atom stereocenters. The number of Topliss-reactive ketones (excluding diaryl/α,β-unsaturated/α-hetero) is 1. The van der Waals surface area contributed by atoms with E-state index in [0.717, 1.165) is 18.3 Å². The summed E-state index contributed by atoms with van der Waals surface area (Å²) in [4.78, 5) is 11.1. The Labute approximate surface area is 117 Å². The molecule has 1 aromatic heterocycles. The monoisotopic (exact) mass is 290 g/mol. The van der Waals surface area contributed by atoms with Crippen LogP contribution in [0.25, 0.3) is 5.57 Å². The lowest BCUT2D eigenvalue weighted by Crippen LogP contribution is -2.02. The molecule has 0 saturated carbocycles. The maximum absolute atomic E-state index is 13.8. The van der Waals surface area contributed by atoms with Gasteiger partial charge in [0.2, 0.25) is 5.82 Å². The van der Waals surface area contributed by atoms with Crippen molar-refractivity contribution in [3.63, 3.8) is 0 Å². The van der Waals surface area contributed by atoms with Gasteiger partial charge >= 0.3 is 0 Å². The number of anilines is 1. The first kappa shape index (κ1) is 14.3. The Kier molecular flexibility index (Phi) is 3.99. The Balaban J connectivity index is 2.32. The first-order valence-corrected chi connectivity index (χ1v) is 5.63. The second-order valence-electron chi connectivity index (χ2n) is 3.92. The van der Waals surface area contributed by atoms with E-state index in [1.165, 1.54) is 6.92 Å². The van der Waals surface area contributed by atoms with Gasteiger partial charge in [-0.1, -0.05) is 0 Å². The highest BCUT2D eigenvalue weighted by Crippen LogP contribution is 2.22. The highest BCUT2D eigenvalue weighted by molar-refractivity contribution is 5.94. The van der Waals surface area contributed by atoms with Gasteiger partial charge in [-0.25, -0.2) is 8.78 Å². The van der Waals surface area contributed by atoms with E-state index < -0.39 is 23.1 Å². The SMILES string of the molecule is CC(=O)c1cc(F)c(NC=C(C#N)c2nn[nH]n2)c(F)c1. The van der Waals surface area contributed by atoms with Crippen LogP contribution in [0.4, 0.5) is 14.5 Å². The van der Waals surface area contributed by atoms with Crippen molar-refractivity contribution in [2.45, 2.75) is 6.92 Å². The Morgan fingerprint density at radius 3 is 2.57 bits per heavy atom. The molecule has 2 rings (SSSR count). The zero-order valence-corrected chi connectivity index (χ0v) is 10.7. The van der Waals surface area contributed by atoms with Gasteiger partial charge in [0, 0.05) is 11.8 Å². The van der Waals surface area contributed by atoms with Gasteiger partial charge in [0.15, 0.2) is 5.78 Å². The van der Waals surface area contributed by atoms with Crippen molar-refractivity contribution < 1.29 is 13.6 Å². The standard InChI is InChI=1S/C12H8F2N6O/c1-6(21)7-2-9(13)11(10(14)3-7)16-5-8(4-15)12-17-19-20-18-12/h2-3,5,16H,1H3,(H,17,18,19,20). The van der Waals surface area contributed by atoms with Crippen LogP contribution < -0.4 is 5.32 Å². The largest absolute Gasteiger partial charge is 0.356 e. The lowest BCUT2D eigenvalue weighted by Gasteiger charge is -2.06. The molecule has 0 saturated heterocycles. The minimum Gasteiger partial charge on any atom is -0.356 e. The first-order chi connectivity index (χ1) is 10.0. The maximum atomic E-state index is 13.8. The van der Waals surface area contributed by atoms with E-state index in [-0.39, 0.29) is 17.0 Å². The van der Waals surface area contributed by atoms with E-state index in [4.69, 9.17) is 5.26 Å². The Morgan fingerprint density at radius 1 is 1.43 bits per heavy atom. The summed E-state index contributed by atoms with van der Waals surface area (Å²) >= 11 is 0. The fraction of sp³-hybridized carbons (Fsp3) is 0.0833. The number of benzene rings is 1. The van der Waals surface area contributed by atoms with Crippen LogP contribution in [0.1, 0.15) is 23.1 Å². The number of tetrazole rings is 1. The van der Waals surface area contributed by atoms with Crippen LogP contribution in [0.2, 0.25) is 0 Å². The van der Waals surface area contributed by atoms with Crippen molar-refractivity contribution in [3.8, 4) is 6.07 Å². The topological polar surface area (TPSA) is 107 Å². The molecule has 106 valence electrons. The number of hydrogen-bond acceptors (Lipinski definition) is 6. The summed E-state index contributed by atoms with van der Waals surface area (Å²) in [7, 11) is 0. The molecule has 0 aliphatic rings. The highest BCUT2D eigenvalue weighted by atomic mass is 19.1. The smallest absolute Gasteiger partial charge is 0.216 e. The van der Waals surface area contributed by atoms with Gasteiger partial charge in [0.25, 0.3) is 0 Å². The van der Waals surface area contributed by atoms with Crippen molar-refractivity contribution in [2.24, 2.45) is 0 Å². The third-order valence-corrected chi connectivity index (χ3v) is 2.52. The zero-order chi connectivity index (χ0) is 15.4. The number of halogens is 2. The molecule has 0 unspecified atom stereocenters. The summed E-state index contributed by atoms with van der Waals surface area (Å²) in [5, 5.41) is 23.8. The third-order valence-electron chi connectivity index (χ3n) is 2.52. The summed E-state index contributed by atoms with van der Waals surface area (Å²) < 4.78 is 27.5. The number of carbonyl (C=O) groups is 1. The molecule has 0 bridgehead atoms. The third kappa shape index (κ3) is 3.06. The molecule has 0 aliphatic heterocycles. The van der Waals surface area contributed by atoms with Crippen LogP contribution >= 0.6 is 0 Å². The molecule has 7 nitrogen and oxygen atoms in total. The number of hydrogen-bond donors (Lipinski definition) is 2.